The van der Waals surface area contributed by atoms with E-state index in [9.17, 15) is 9.59 Å². The lowest BCUT2D eigenvalue weighted by molar-refractivity contribution is -0.131. The third kappa shape index (κ3) is 2.70. The number of carbonyl (C=O) groups is 2. The van der Waals surface area contributed by atoms with Crippen LogP contribution in [0.4, 0.5) is 0 Å². The van der Waals surface area contributed by atoms with Crippen LogP contribution in [0.2, 0.25) is 0 Å². The molecule has 1 fully saturated rings. The molecule has 0 spiro atoms. The second-order valence-corrected chi connectivity index (χ2v) is 2.96. The zero-order chi connectivity index (χ0) is 8.10. The van der Waals surface area contributed by atoms with Crippen LogP contribution in [0.1, 0.15) is 32.1 Å². The molecule has 0 atom stereocenters. The molecule has 1 N–H and O–H groups in total. The van der Waals surface area contributed by atoms with Gasteiger partial charge in [0.05, 0.1) is 0 Å². The highest BCUT2D eigenvalue weighted by Crippen LogP contribution is 2.16. The lowest BCUT2D eigenvalue weighted by Gasteiger charge is -2.21. The first-order valence-corrected chi connectivity index (χ1v) is 4.08. The van der Waals surface area contributed by atoms with Crippen molar-refractivity contribution in [3.8, 4) is 0 Å². The van der Waals surface area contributed by atoms with Crippen LogP contribution in [0, 0.1) is 0 Å². The maximum atomic E-state index is 10.6. The summed E-state index contributed by atoms with van der Waals surface area (Å²) in [5.41, 5.74) is 0. The van der Waals surface area contributed by atoms with E-state index in [1.54, 1.807) is 0 Å². The smallest absolute Gasteiger partial charge is 0.284 e. The molecule has 0 bridgehead atoms. The van der Waals surface area contributed by atoms with Gasteiger partial charge >= 0.3 is 0 Å². The lowest BCUT2D eigenvalue weighted by Crippen LogP contribution is -2.36. The zero-order valence-electron chi connectivity index (χ0n) is 6.51. The largest absolute Gasteiger partial charge is 0.347 e. The average Bonchev–Trinajstić information content (AvgIpc) is 2.06. The zero-order valence-corrected chi connectivity index (χ0v) is 6.51. The van der Waals surface area contributed by atoms with Crippen molar-refractivity contribution in [2.45, 2.75) is 38.1 Å². The van der Waals surface area contributed by atoms with E-state index in [-0.39, 0.29) is 6.04 Å². The van der Waals surface area contributed by atoms with Gasteiger partial charge in [-0.15, -0.1) is 0 Å². The Hall–Kier alpha value is -0.860. The molecule has 1 aliphatic carbocycles. The SMILES string of the molecule is O=CC(=O)NC1CCCCC1. The van der Waals surface area contributed by atoms with Crippen LogP contribution in [-0.4, -0.2) is 18.2 Å². The number of hydrogen-bond acceptors (Lipinski definition) is 2. The van der Waals surface area contributed by atoms with Crippen molar-refractivity contribution in [2.24, 2.45) is 0 Å². The minimum Gasteiger partial charge on any atom is -0.347 e. The first kappa shape index (κ1) is 8.24. The summed E-state index contributed by atoms with van der Waals surface area (Å²) in [5.74, 6) is -0.475. The minimum absolute atomic E-state index is 0.251. The van der Waals surface area contributed by atoms with Crippen molar-refractivity contribution in [1.29, 1.82) is 0 Å². The second-order valence-electron chi connectivity index (χ2n) is 2.96. The van der Waals surface area contributed by atoms with E-state index in [1.165, 1.54) is 19.3 Å². The van der Waals surface area contributed by atoms with Crippen molar-refractivity contribution in [3.63, 3.8) is 0 Å². The Morgan fingerprint density at radius 2 is 1.91 bits per heavy atom. The Morgan fingerprint density at radius 3 is 2.45 bits per heavy atom. The molecule has 1 amide bonds. The maximum absolute atomic E-state index is 10.6. The maximum Gasteiger partial charge on any atom is 0.284 e. The number of nitrogens with one attached hydrogen (secondary N) is 1. The van der Waals surface area contributed by atoms with E-state index >= 15 is 0 Å². The second kappa shape index (κ2) is 4.11. The molecule has 3 heteroatoms. The summed E-state index contributed by atoms with van der Waals surface area (Å²) < 4.78 is 0. The van der Waals surface area contributed by atoms with Crippen molar-refractivity contribution < 1.29 is 9.59 Å². The normalized spacial score (nSPS) is 19.3. The van der Waals surface area contributed by atoms with Gasteiger partial charge in [-0.25, -0.2) is 0 Å². The molecule has 11 heavy (non-hydrogen) atoms. The van der Waals surface area contributed by atoms with Gasteiger partial charge in [-0.3, -0.25) is 9.59 Å². The summed E-state index contributed by atoms with van der Waals surface area (Å²) in [4.78, 5) is 20.6. The van der Waals surface area contributed by atoms with Crippen LogP contribution in [0.3, 0.4) is 0 Å². The highest BCUT2D eigenvalue weighted by molar-refractivity contribution is 6.23. The lowest BCUT2D eigenvalue weighted by atomic mass is 9.95. The summed E-state index contributed by atoms with van der Waals surface area (Å²) in [6.07, 6.45) is 5.99. The van der Waals surface area contributed by atoms with Gasteiger partial charge in [-0.2, -0.15) is 0 Å². The van der Waals surface area contributed by atoms with Gasteiger partial charge in [0.25, 0.3) is 5.91 Å². The highest BCUT2D eigenvalue weighted by atomic mass is 16.2. The fraction of sp³-hybridized carbons (Fsp3) is 0.750. The average molecular weight is 155 g/mol. The molecule has 1 aliphatic rings. The third-order valence-corrected chi connectivity index (χ3v) is 2.06. The molecule has 0 saturated heterocycles. The molecule has 0 aromatic carbocycles. The van der Waals surface area contributed by atoms with Crippen LogP contribution < -0.4 is 5.32 Å². The van der Waals surface area contributed by atoms with E-state index in [1.807, 2.05) is 0 Å². The van der Waals surface area contributed by atoms with E-state index in [0.717, 1.165) is 12.8 Å². The minimum atomic E-state index is -0.475. The fourth-order valence-corrected chi connectivity index (χ4v) is 1.48. The van der Waals surface area contributed by atoms with Crippen LogP contribution in [0.5, 0.6) is 0 Å². The highest BCUT2D eigenvalue weighted by Gasteiger charge is 2.14. The first-order valence-electron chi connectivity index (χ1n) is 4.08. The topological polar surface area (TPSA) is 46.2 Å². The van der Waals surface area contributed by atoms with Crippen LogP contribution in [-0.2, 0) is 9.59 Å². The Balaban J connectivity index is 2.24. The molecule has 0 unspecified atom stereocenters. The number of carbonyl (C=O) groups excluding carboxylic acids is 2. The molecule has 1 saturated carbocycles. The van der Waals surface area contributed by atoms with E-state index in [0.29, 0.717) is 6.29 Å². The van der Waals surface area contributed by atoms with Crippen LogP contribution >= 0.6 is 0 Å². The van der Waals surface area contributed by atoms with Crippen molar-refractivity contribution in [2.75, 3.05) is 0 Å². The summed E-state index contributed by atoms with van der Waals surface area (Å²) in [5, 5.41) is 2.66. The van der Waals surface area contributed by atoms with Crippen molar-refractivity contribution >= 4 is 12.2 Å². The van der Waals surface area contributed by atoms with Crippen LogP contribution in [0.15, 0.2) is 0 Å². The van der Waals surface area contributed by atoms with E-state index in [4.69, 9.17) is 0 Å². The fourth-order valence-electron chi connectivity index (χ4n) is 1.48. The van der Waals surface area contributed by atoms with Gasteiger partial charge in [0.2, 0.25) is 6.29 Å². The van der Waals surface area contributed by atoms with Gasteiger partial charge in [-0.1, -0.05) is 19.3 Å². The Labute approximate surface area is 66.2 Å². The summed E-state index contributed by atoms with van der Waals surface area (Å²) in [7, 11) is 0. The third-order valence-electron chi connectivity index (χ3n) is 2.06. The molecule has 0 heterocycles. The number of amides is 1. The number of aldehydes is 1. The van der Waals surface area contributed by atoms with Gasteiger partial charge in [0.1, 0.15) is 0 Å². The van der Waals surface area contributed by atoms with E-state index in [2.05, 4.69) is 5.32 Å². The predicted octanol–water partition coefficient (Wildman–Crippen LogP) is 0.634. The van der Waals surface area contributed by atoms with Gasteiger partial charge in [0, 0.05) is 6.04 Å². The predicted molar refractivity (Wildman–Crippen MR) is 41.1 cm³/mol. The molecule has 1 rings (SSSR count). The molecule has 0 aliphatic heterocycles. The van der Waals surface area contributed by atoms with Crippen molar-refractivity contribution in [3.05, 3.63) is 0 Å². The summed E-state index contributed by atoms with van der Waals surface area (Å²) >= 11 is 0. The quantitative estimate of drug-likeness (QED) is 0.469. The molecular weight excluding hydrogens is 142 g/mol. The van der Waals surface area contributed by atoms with Gasteiger partial charge in [-0.05, 0) is 12.8 Å². The molecule has 0 aromatic rings. The Bertz CT molecular complexity index is 150. The molecule has 0 aromatic heterocycles. The molecule has 3 nitrogen and oxygen atoms in total. The molecule has 0 radical (unpaired) electrons. The number of hydrogen-bond donors (Lipinski definition) is 1. The molecular formula is C8H13NO2. The van der Waals surface area contributed by atoms with Gasteiger partial charge < -0.3 is 5.32 Å². The van der Waals surface area contributed by atoms with Crippen LogP contribution in [0.25, 0.3) is 0 Å². The monoisotopic (exact) mass is 155 g/mol. The van der Waals surface area contributed by atoms with Crippen molar-refractivity contribution in [1.82, 2.24) is 5.32 Å². The standard InChI is InChI=1S/C8H13NO2/c10-6-8(11)9-7-4-2-1-3-5-7/h6-7H,1-5H2,(H,9,11). The summed E-state index contributed by atoms with van der Waals surface area (Å²) in [6.45, 7) is 0. The van der Waals surface area contributed by atoms with Gasteiger partial charge in [0.15, 0.2) is 0 Å². The van der Waals surface area contributed by atoms with E-state index < -0.39 is 5.91 Å². The Morgan fingerprint density at radius 1 is 1.27 bits per heavy atom. The summed E-state index contributed by atoms with van der Waals surface area (Å²) in [6, 6.07) is 0.251. The first-order chi connectivity index (χ1) is 5.33. The Kier molecular flexibility index (Phi) is 3.08. The number of rotatable bonds is 2. The molecule has 62 valence electrons.